The fourth-order valence-electron chi connectivity index (χ4n) is 3.67. The van der Waals surface area contributed by atoms with Crippen molar-refractivity contribution in [3.8, 4) is 5.75 Å². The Morgan fingerprint density at radius 3 is 2.32 bits per heavy atom. The molecule has 0 bridgehead atoms. The quantitative estimate of drug-likeness (QED) is 0.488. The number of ether oxygens (including phenoxy) is 1. The lowest BCUT2D eigenvalue weighted by Crippen LogP contribution is -2.31. The van der Waals surface area contributed by atoms with E-state index in [1.54, 1.807) is 30.3 Å². The summed E-state index contributed by atoms with van der Waals surface area (Å²) in [5.41, 5.74) is 0.312. The summed E-state index contributed by atoms with van der Waals surface area (Å²) in [6, 6.07) is 9.66. The van der Waals surface area contributed by atoms with Gasteiger partial charge in [0, 0.05) is 0 Å². The van der Waals surface area contributed by atoms with E-state index in [1.165, 1.54) is 17.2 Å². The van der Waals surface area contributed by atoms with Gasteiger partial charge in [-0.1, -0.05) is 25.0 Å². The molecule has 0 spiro atoms. The van der Waals surface area contributed by atoms with Crippen molar-refractivity contribution in [3.05, 3.63) is 48.4 Å². The van der Waals surface area contributed by atoms with Gasteiger partial charge in [0.2, 0.25) is 17.6 Å². The van der Waals surface area contributed by atoms with E-state index >= 15 is 0 Å². The average molecular weight is 339 g/mol. The number of anilines is 1. The Hall–Kier alpha value is -2.89. The van der Waals surface area contributed by atoms with Crippen LogP contribution in [0.4, 0.5) is 5.69 Å². The SMILES string of the molecule is O=C(Oc1ccccc1N1C(=O)[C@H]2CCCC[C@@H]2C1=O)c1ccco1. The third kappa shape index (κ3) is 2.63. The van der Waals surface area contributed by atoms with Crippen molar-refractivity contribution in [2.45, 2.75) is 25.7 Å². The lowest BCUT2D eigenvalue weighted by molar-refractivity contribution is -0.122. The first-order valence-corrected chi connectivity index (χ1v) is 8.39. The molecular formula is C19H17NO5. The van der Waals surface area contributed by atoms with E-state index in [9.17, 15) is 14.4 Å². The number of hydrogen-bond acceptors (Lipinski definition) is 5. The summed E-state index contributed by atoms with van der Waals surface area (Å²) in [4.78, 5) is 38.9. The molecule has 0 radical (unpaired) electrons. The van der Waals surface area contributed by atoms with Crippen LogP contribution in [0, 0.1) is 11.8 Å². The van der Waals surface area contributed by atoms with Crippen LogP contribution in [0.3, 0.4) is 0 Å². The minimum absolute atomic E-state index is 0.0579. The molecule has 2 amide bonds. The number of carbonyl (C=O) groups excluding carboxylic acids is 3. The summed E-state index contributed by atoms with van der Waals surface area (Å²) in [5.74, 6) is -1.35. The number of amides is 2. The molecule has 1 aromatic carbocycles. The number of fused-ring (bicyclic) bond motifs is 1. The van der Waals surface area contributed by atoms with Crippen LogP contribution in [0.1, 0.15) is 36.2 Å². The first-order valence-electron chi connectivity index (χ1n) is 8.39. The molecule has 1 saturated carbocycles. The van der Waals surface area contributed by atoms with Gasteiger partial charge in [0.1, 0.15) is 0 Å². The summed E-state index contributed by atoms with van der Waals surface area (Å²) in [6.07, 6.45) is 4.77. The smallest absolute Gasteiger partial charge is 0.379 e. The van der Waals surface area contributed by atoms with E-state index in [0.717, 1.165) is 25.7 Å². The Bertz CT molecular complexity index is 802. The Morgan fingerprint density at radius 2 is 1.68 bits per heavy atom. The zero-order valence-electron chi connectivity index (χ0n) is 13.5. The number of imide groups is 1. The van der Waals surface area contributed by atoms with Gasteiger partial charge in [-0.15, -0.1) is 0 Å². The van der Waals surface area contributed by atoms with Crippen molar-refractivity contribution in [1.82, 2.24) is 0 Å². The highest BCUT2D eigenvalue weighted by molar-refractivity contribution is 6.22. The van der Waals surface area contributed by atoms with Crippen LogP contribution < -0.4 is 9.64 Å². The van der Waals surface area contributed by atoms with E-state index in [4.69, 9.17) is 9.15 Å². The molecule has 1 saturated heterocycles. The summed E-state index contributed by atoms with van der Waals surface area (Å²) in [5, 5.41) is 0. The van der Waals surface area contributed by atoms with Gasteiger partial charge in [-0.2, -0.15) is 0 Å². The van der Waals surface area contributed by atoms with Crippen LogP contribution in [0.5, 0.6) is 5.75 Å². The molecule has 2 aliphatic rings. The van der Waals surface area contributed by atoms with Gasteiger partial charge in [0.15, 0.2) is 5.75 Å². The average Bonchev–Trinajstić information content (AvgIpc) is 3.25. The minimum atomic E-state index is -0.672. The Kier molecular flexibility index (Phi) is 3.87. The number of para-hydroxylation sites is 2. The molecule has 2 fully saturated rings. The maximum atomic E-state index is 12.8. The monoisotopic (exact) mass is 339 g/mol. The lowest BCUT2D eigenvalue weighted by atomic mass is 9.81. The summed E-state index contributed by atoms with van der Waals surface area (Å²) < 4.78 is 10.4. The molecule has 0 unspecified atom stereocenters. The van der Waals surface area contributed by atoms with Crippen molar-refractivity contribution >= 4 is 23.5 Å². The second-order valence-electron chi connectivity index (χ2n) is 6.34. The van der Waals surface area contributed by atoms with Crippen molar-refractivity contribution < 1.29 is 23.5 Å². The predicted molar refractivity (Wildman–Crippen MR) is 88.0 cm³/mol. The molecule has 2 aromatic rings. The summed E-state index contributed by atoms with van der Waals surface area (Å²) in [7, 11) is 0. The summed E-state index contributed by atoms with van der Waals surface area (Å²) in [6.45, 7) is 0. The number of benzene rings is 1. The molecule has 2 atom stereocenters. The molecule has 6 nitrogen and oxygen atoms in total. The molecule has 0 N–H and O–H groups in total. The standard InChI is InChI=1S/C19H17NO5/c21-17-12-6-1-2-7-13(12)18(22)20(17)14-8-3-4-9-15(14)25-19(23)16-10-5-11-24-16/h3-5,8-13H,1-2,6-7H2/t12-,13-/m0/s1. The van der Waals surface area contributed by atoms with Gasteiger partial charge in [-0.25, -0.2) is 9.69 Å². The molecule has 2 heterocycles. The highest BCUT2D eigenvalue weighted by Gasteiger charge is 2.49. The third-order valence-electron chi connectivity index (χ3n) is 4.87. The van der Waals surface area contributed by atoms with Crippen LogP contribution in [0.25, 0.3) is 0 Å². The lowest BCUT2D eigenvalue weighted by Gasteiger charge is -2.19. The topological polar surface area (TPSA) is 76.8 Å². The number of rotatable bonds is 3. The Balaban J connectivity index is 1.66. The molecule has 1 aromatic heterocycles. The first kappa shape index (κ1) is 15.6. The van der Waals surface area contributed by atoms with E-state index < -0.39 is 5.97 Å². The minimum Gasteiger partial charge on any atom is -0.457 e. The van der Waals surface area contributed by atoms with Crippen molar-refractivity contribution in [2.75, 3.05) is 4.90 Å². The van der Waals surface area contributed by atoms with Gasteiger partial charge in [-0.05, 0) is 37.1 Å². The largest absolute Gasteiger partial charge is 0.457 e. The highest BCUT2D eigenvalue weighted by Crippen LogP contribution is 2.42. The molecule has 1 aliphatic heterocycles. The third-order valence-corrected chi connectivity index (χ3v) is 4.87. The maximum Gasteiger partial charge on any atom is 0.379 e. The zero-order chi connectivity index (χ0) is 17.4. The molecule has 128 valence electrons. The van der Waals surface area contributed by atoms with Crippen molar-refractivity contribution in [3.63, 3.8) is 0 Å². The van der Waals surface area contributed by atoms with Crippen molar-refractivity contribution in [1.29, 1.82) is 0 Å². The number of esters is 1. The molecular weight excluding hydrogens is 322 g/mol. The van der Waals surface area contributed by atoms with Crippen LogP contribution in [-0.4, -0.2) is 17.8 Å². The first-order chi connectivity index (χ1) is 12.2. The van der Waals surface area contributed by atoms with Gasteiger partial charge >= 0.3 is 5.97 Å². The van der Waals surface area contributed by atoms with Gasteiger partial charge in [-0.3, -0.25) is 9.59 Å². The predicted octanol–water partition coefficient (Wildman–Crippen LogP) is 3.18. The van der Waals surface area contributed by atoms with E-state index in [0.29, 0.717) is 5.69 Å². The molecule has 6 heteroatoms. The van der Waals surface area contributed by atoms with E-state index in [2.05, 4.69) is 0 Å². The van der Waals surface area contributed by atoms with Crippen LogP contribution in [0.2, 0.25) is 0 Å². The second kappa shape index (κ2) is 6.20. The van der Waals surface area contributed by atoms with Crippen LogP contribution in [0.15, 0.2) is 47.1 Å². The number of nitrogens with zero attached hydrogens (tertiary/aromatic N) is 1. The van der Waals surface area contributed by atoms with E-state index in [-0.39, 0.29) is 35.2 Å². The highest BCUT2D eigenvalue weighted by atomic mass is 16.5. The van der Waals surface area contributed by atoms with Crippen LogP contribution in [-0.2, 0) is 9.59 Å². The molecule has 1 aliphatic carbocycles. The van der Waals surface area contributed by atoms with Gasteiger partial charge < -0.3 is 9.15 Å². The number of hydrogen-bond donors (Lipinski definition) is 0. The molecule has 4 rings (SSSR count). The zero-order valence-corrected chi connectivity index (χ0v) is 13.5. The van der Waals surface area contributed by atoms with Gasteiger partial charge in [0.05, 0.1) is 23.8 Å². The number of furan rings is 1. The van der Waals surface area contributed by atoms with Crippen LogP contribution >= 0.6 is 0 Å². The summed E-state index contributed by atoms with van der Waals surface area (Å²) >= 11 is 0. The van der Waals surface area contributed by atoms with Gasteiger partial charge in [0.25, 0.3) is 0 Å². The maximum absolute atomic E-state index is 12.8. The Labute approximate surface area is 144 Å². The fourth-order valence-corrected chi connectivity index (χ4v) is 3.67. The van der Waals surface area contributed by atoms with E-state index in [1.807, 2.05) is 0 Å². The molecule has 25 heavy (non-hydrogen) atoms. The normalized spacial score (nSPS) is 22.8. The Morgan fingerprint density at radius 1 is 1.00 bits per heavy atom. The number of carbonyl (C=O) groups is 3. The van der Waals surface area contributed by atoms with Crippen molar-refractivity contribution in [2.24, 2.45) is 11.8 Å². The second-order valence-corrected chi connectivity index (χ2v) is 6.34. The fraction of sp³-hybridized carbons (Fsp3) is 0.316.